The van der Waals surface area contributed by atoms with Gasteiger partial charge in [0.1, 0.15) is 12.1 Å². The van der Waals surface area contributed by atoms with Crippen LogP contribution in [0.15, 0.2) is 24.5 Å². The lowest BCUT2D eigenvalue weighted by Crippen LogP contribution is -2.45. The van der Waals surface area contributed by atoms with Crippen LogP contribution in [0.4, 0.5) is 0 Å². The number of hydrogen-bond donors (Lipinski definition) is 2. The van der Waals surface area contributed by atoms with E-state index in [-0.39, 0.29) is 5.91 Å². The molecule has 5 heteroatoms. The van der Waals surface area contributed by atoms with Gasteiger partial charge in [0.05, 0.1) is 0 Å². The van der Waals surface area contributed by atoms with E-state index in [1.54, 1.807) is 23.2 Å². The molecule has 1 aromatic rings. The van der Waals surface area contributed by atoms with Gasteiger partial charge in [-0.1, -0.05) is 6.07 Å². The Morgan fingerprint density at radius 3 is 2.76 bits per heavy atom. The molecule has 2 atom stereocenters. The molecule has 0 spiro atoms. The third-order valence-electron chi connectivity index (χ3n) is 3.07. The molecule has 0 bridgehead atoms. The first-order valence-electron chi connectivity index (χ1n) is 5.82. The lowest BCUT2D eigenvalue weighted by atomic mass is 10.0. The number of nitrogens with zero attached hydrogens (tertiary/aromatic N) is 2. The second-order valence-corrected chi connectivity index (χ2v) is 4.29. The molecular weight excluding hydrogens is 218 g/mol. The highest BCUT2D eigenvalue weighted by Gasteiger charge is 2.29. The van der Waals surface area contributed by atoms with E-state index in [0.717, 1.165) is 25.9 Å². The summed E-state index contributed by atoms with van der Waals surface area (Å²) < 4.78 is 0. The van der Waals surface area contributed by atoms with E-state index >= 15 is 0 Å². The number of amides is 1. The number of hydrogen-bond acceptors (Lipinski definition) is 4. The normalized spacial score (nSPS) is 19.1. The van der Waals surface area contributed by atoms with Crippen molar-refractivity contribution < 1.29 is 9.90 Å². The Balaban J connectivity index is 2.04. The minimum atomic E-state index is -0.989. The van der Waals surface area contributed by atoms with Gasteiger partial charge in [0.25, 0.3) is 0 Å². The smallest absolute Gasteiger partial charge is 0.242 e. The lowest BCUT2D eigenvalue weighted by molar-refractivity contribution is -0.134. The van der Waals surface area contributed by atoms with Gasteiger partial charge in [-0.05, 0) is 18.9 Å². The summed E-state index contributed by atoms with van der Waals surface area (Å²) in [5, 5.41) is 10.0. The fourth-order valence-electron chi connectivity index (χ4n) is 2.04. The summed E-state index contributed by atoms with van der Waals surface area (Å²) in [5.74, 6) is -0.182. The molecule has 3 N–H and O–H groups in total. The van der Waals surface area contributed by atoms with Gasteiger partial charge in [0.15, 0.2) is 0 Å². The summed E-state index contributed by atoms with van der Waals surface area (Å²) in [6.45, 7) is 1.48. The first-order valence-corrected chi connectivity index (χ1v) is 5.82. The van der Waals surface area contributed by atoms with E-state index in [2.05, 4.69) is 4.98 Å². The molecule has 1 aliphatic heterocycles. The summed E-state index contributed by atoms with van der Waals surface area (Å²) >= 11 is 0. The van der Waals surface area contributed by atoms with E-state index in [4.69, 9.17) is 5.73 Å². The van der Waals surface area contributed by atoms with E-state index in [0.29, 0.717) is 5.56 Å². The zero-order valence-corrected chi connectivity index (χ0v) is 9.62. The average Bonchev–Trinajstić information content (AvgIpc) is 2.91. The highest BCUT2D eigenvalue weighted by atomic mass is 16.3. The van der Waals surface area contributed by atoms with Crippen molar-refractivity contribution in [1.82, 2.24) is 9.88 Å². The lowest BCUT2D eigenvalue weighted by Gasteiger charge is -2.23. The maximum Gasteiger partial charge on any atom is 0.242 e. The van der Waals surface area contributed by atoms with Crippen LogP contribution in [0.2, 0.25) is 0 Å². The Labute approximate surface area is 100 Å². The molecule has 0 aliphatic carbocycles. The largest absolute Gasteiger partial charge is 0.386 e. The summed E-state index contributed by atoms with van der Waals surface area (Å²) in [5.41, 5.74) is 6.38. The van der Waals surface area contributed by atoms with Crippen molar-refractivity contribution in [3.63, 3.8) is 0 Å². The number of rotatable bonds is 3. The van der Waals surface area contributed by atoms with Crippen molar-refractivity contribution in [3.05, 3.63) is 30.1 Å². The van der Waals surface area contributed by atoms with Crippen LogP contribution in [0.25, 0.3) is 0 Å². The molecule has 1 fully saturated rings. The number of aliphatic hydroxyl groups is 1. The molecule has 5 nitrogen and oxygen atoms in total. The third-order valence-corrected chi connectivity index (χ3v) is 3.07. The van der Waals surface area contributed by atoms with Gasteiger partial charge in [-0.25, -0.2) is 0 Å². The molecule has 0 aromatic carbocycles. The number of pyridine rings is 1. The fourth-order valence-corrected chi connectivity index (χ4v) is 2.04. The van der Waals surface area contributed by atoms with Crippen LogP contribution in [-0.2, 0) is 4.79 Å². The second kappa shape index (κ2) is 5.25. The van der Waals surface area contributed by atoms with Crippen LogP contribution < -0.4 is 5.73 Å². The Hall–Kier alpha value is -1.46. The summed E-state index contributed by atoms with van der Waals surface area (Å²) in [6, 6.07) is 2.53. The molecule has 0 radical (unpaired) electrons. The van der Waals surface area contributed by atoms with Crippen LogP contribution in [-0.4, -0.2) is 40.0 Å². The monoisotopic (exact) mass is 235 g/mol. The van der Waals surface area contributed by atoms with Crippen LogP contribution >= 0.6 is 0 Å². The van der Waals surface area contributed by atoms with Gasteiger partial charge < -0.3 is 15.7 Å². The van der Waals surface area contributed by atoms with Crippen LogP contribution in [0.3, 0.4) is 0 Å². The number of carbonyl (C=O) groups excluding carboxylic acids is 1. The molecule has 0 saturated carbocycles. The van der Waals surface area contributed by atoms with E-state index in [1.807, 2.05) is 0 Å². The van der Waals surface area contributed by atoms with E-state index < -0.39 is 12.1 Å². The summed E-state index contributed by atoms with van der Waals surface area (Å²) in [6.07, 6.45) is 4.19. The predicted octanol–water partition coefficient (Wildman–Crippen LogP) is 0.0647. The van der Waals surface area contributed by atoms with Gasteiger partial charge in [-0.15, -0.1) is 0 Å². The molecule has 1 aromatic heterocycles. The molecule has 1 amide bonds. The fraction of sp³-hybridized carbons (Fsp3) is 0.500. The molecule has 2 heterocycles. The molecule has 2 rings (SSSR count). The van der Waals surface area contributed by atoms with Gasteiger partial charge in [0, 0.05) is 31.0 Å². The van der Waals surface area contributed by atoms with Crippen LogP contribution in [0, 0.1) is 0 Å². The van der Waals surface area contributed by atoms with Gasteiger partial charge in [0.2, 0.25) is 5.91 Å². The van der Waals surface area contributed by atoms with E-state index in [9.17, 15) is 9.90 Å². The number of likely N-dealkylation sites (tertiary alicyclic amines) is 1. The third kappa shape index (κ3) is 2.62. The van der Waals surface area contributed by atoms with Crippen molar-refractivity contribution in [2.24, 2.45) is 5.73 Å². The number of aliphatic hydroxyl groups excluding tert-OH is 1. The van der Waals surface area contributed by atoms with Gasteiger partial charge in [-0.2, -0.15) is 0 Å². The maximum atomic E-state index is 12.0. The zero-order chi connectivity index (χ0) is 12.3. The summed E-state index contributed by atoms with van der Waals surface area (Å²) in [4.78, 5) is 17.6. The van der Waals surface area contributed by atoms with Crippen molar-refractivity contribution in [2.75, 3.05) is 13.1 Å². The standard InChI is InChI=1S/C12H17N3O2/c13-10(12(17)15-6-1-2-7-15)11(16)9-4-3-5-14-8-9/h3-5,8,10-11,16H,1-2,6-7,13H2/t10?,11-/m0/s1. The van der Waals surface area contributed by atoms with Crippen molar-refractivity contribution >= 4 is 5.91 Å². The minimum absolute atomic E-state index is 0.182. The van der Waals surface area contributed by atoms with Gasteiger partial charge in [-0.3, -0.25) is 9.78 Å². The summed E-state index contributed by atoms with van der Waals surface area (Å²) in [7, 11) is 0. The Morgan fingerprint density at radius 1 is 1.47 bits per heavy atom. The van der Waals surface area contributed by atoms with E-state index in [1.165, 1.54) is 6.20 Å². The molecule has 1 unspecified atom stereocenters. The van der Waals surface area contributed by atoms with Crippen molar-refractivity contribution in [1.29, 1.82) is 0 Å². The average molecular weight is 235 g/mol. The minimum Gasteiger partial charge on any atom is -0.386 e. The molecule has 17 heavy (non-hydrogen) atoms. The van der Waals surface area contributed by atoms with Crippen molar-refractivity contribution in [3.8, 4) is 0 Å². The second-order valence-electron chi connectivity index (χ2n) is 4.29. The Bertz CT molecular complexity index is 377. The Morgan fingerprint density at radius 2 is 2.18 bits per heavy atom. The maximum absolute atomic E-state index is 12.0. The number of nitrogens with two attached hydrogens (primary N) is 1. The molecule has 92 valence electrons. The number of aromatic nitrogens is 1. The van der Waals surface area contributed by atoms with Gasteiger partial charge >= 0.3 is 0 Å². The van der Waals surface area contributed by atoms with Crippen LogP contribution in [0.1, 0.15) is 24.5 Å². The first-order chi connectivity index (χ1) is 8.20. The van der Waals surface area contributed by atoms with Crippen LogP contribution in [0.5, 0.6) is 0 Å². The highest BCUT2D eigenvalue weighted by molar-refractivity contribution is 5.82. The quantitative estimate of drug-likeness (QED) is 0.776. The van der Waals surface area contributed by atoms with Crippen molar-refractivity contribution in [2.45, 2.75) is 25.0 Å². The molecule has 1 aliphatic rings. The first kappa shape index (κ1) is 12.0. The highest BCUT2D eigenvalue weighted by Crippen LogP contribution is 2.17. The topological polar surface area (TPSA) is 79.5 Å². The molecule has 1 saturated heterocycles. The number of carbonyl (C=O) groups is 1. The SMILES string of the molecule is NC(C(=O)N1CCCC1)[C@@H](O)c1cccnc1. The molecular formula is C12H17N3O2. The predicted molar refractivity (Wildman–Crippen MR) is 63.0 cm³/mol. The zero-order valence-electron chi connectivity index (χ0n) is 9.62. The Kier molecular flexibility index (Phi) is 3.71.